The number of rotatable bonds is 19. The van der Waals surface area contributed by atoms with Crippen molar-refractivity contribution in [3.05, 3.63) is 106 Å². The van der Waals surface area contributed by atoms with Gasteiger partial charge in [0.1, 0.15) is 11.5 Å². The van der Waals surface area contributed by atoms with Gasteiger partial charge in [-0.15, -0.1) is 0 Å². The van der Waals surface area contributed by atoms with Crippen LogP contribution >= 0.6 is 0 Å². The summed E-state index contributed by atoms with van der Waals surface area (Å²) in [7, 11) is 0. The summed E-state index contributed by atoms with van der Waals surface area (Å²) in [6, 6.07) is 23.3. The predicted octanol–water partition coefficient (Wildman–Crippen LogP) is 11.3. The first-order valence-electron chi connectivity index (χ1n) is 20.6. The summed E-state index contributed by atoms with van der Waals surface area (Å²) in [5.41, 5.74) is 6.12. The summed E-state index contributed by atoms with van der Waals surface area (Å²) in [6.45, 7) is 11.7. The quantitative estimate of drug-likeness (QED) is 0.0407. The van der Waals surface area contributed by atoms with Gasteiger partial charge in [0.2, 0.25) is 0 Å². The second-order valence-corrected chi connectivity index (χ2v) is 14.3. The molecule has 0 radical (unpaired) electrons. The molecule has 0 aliphatic rings. The van der Waals surface area contributed by atoms with Gasteiger partial charge in [-0.3, -0.25) is 9.98 Å². The van der Waals surface area contributed by atoms with Crippen LogP contribution in [0.3, 0.4) is 0 Å². The fourth-order valence-electron chi connectivity index (χ4n) is 6.50. The maximum Gasteiger partial charge on any atom is 2.00 e. The van der Waals surface area contributed by atoms with Crippen molar-refractivity contribution >= 4 is 34.7 Å². The van der Waals surface area contributed by atoms with Crippen molar-refractivity contribution in [3.8, 4) is 23.0 Å². The summed E-state index contributed by atoms with van der Waals surface area (Å²) < 4.78 is 0. The normalized spacial score (nSPS) is 11.1. The number of benzene rings is 4. The molecule has 4 aromatic rings. The van der Waals surface area contributed by atoms with Crippen molar-refractivity contribution in [3.63, 3.8) is 0 Å². The van der Waals surface area contributed by atoms with E-state index >= 15 is 0 Å². The number of phenolic OH excluding ortho intramolecular Hbond substituents is 2. The number of hydrogen-bond acceptors (Lipinski definition) is 8. The minimum atomic E-state index is -1.28. The van der Waals surface area contributed by atoms with Gasteiger partial charge in [-0.25, -0.2) is 9.59 Å². The summed E-state index contributed by atoms with van der Waals surface area (Å²) in [4.78, 5) is 31.9. The third-order valence-electron chi connectivity index (χ3n) is 9.52. The Kier molecular flexibility index (Phi) is 24.9. The molecule has 0 aliphatic carbocycles. The van der Waals surface area contributed by atoms with E-state index in [9.17, 15) is 30.0 Å². The second kappa shape index (κ2) is 28.3. The van der Waals surface area contributed by atoms with Gasteiger partial charge in [0.05, 0.1) is 33.9 Å². The van der Waals surface area contributed by atoms with E-state index in [2.05, 4.69) is 62.4 Å². The Morgan fingerprint density at radius 2 is 0.898 bits per heavy atom. The Morgan fingerprint density at radius 3 is 1.25 bits per heavy atom. The molecule has 0 atom stereocenters. The van der Waals surface area contributed by atoms with E-state index in [1.54, 1.807) is 13.8 Å². The number of para-hydroxylation sites is 2. The molecule has 0 saturated carbocycles. The fraction of sp³-hybridized carbons (Fsp3) is 0.417. The van der Waals surface area contributed by atoms with Crippen molar-refractivity contribution in [2.24, 2.45) is 9.98 Å². The molecule has 59 heavy (non-hydrogen) atoms. The van der Waals surface area contributed by atoms with Crippen molar-refractivity contribution in [2.75, 3.05) is 0 Å². The molecule has 0 spiro atoms. The van der Waals surface area contributed by atoms with Gasteiger partial charge in [0.25, 0.3) is 0 Å². The van der Waals surface area contributed by atoms with E-state index in [-0.39, 0.29) is 27.6 Å². The number of carboxylic acids is 2. The van der Waals surface area contributed by atoms with Crippen molar-refractivity contribution < 1.29 is 56.7 Å². The van der Waals surface area contributed by atoms with Crippen LogP contribution in [0.2, 0.25) is 0 Å². The SMILES string of the molecule is CCCCCCCCC(=Nc1ccccc1)C(CCCC)=Nc1ccccc1.CCCc1c(C)cc(O)c([O-])c1C(=O)O.CCCc1c(C)cc(O)c([O-])c1C(=O)O.[Ni+2]. The minimum absolute atomic E-state index is 0. The Morgan fingerprint density at radius 1 is 0.542 bits per heavy atom. The molecule has 0 saturated heterocycles. The average Bonchev–Trinajstić information content (AvgIpc) is 3.19. The van der Waals surface area contributed by atoms with Gasteiger partial charge < -0.3 is 30.6 Å². The van der Waals surface area contributed by atoms with Crippen molar-refractivity contribution in [1.82, 2.24) is 0 Å². The summed E-state index contributed by atoms with van der Waals surface area (Å²) in [6.07, 6.45) is 14.7. The zero-order valence-electron chi connectivity index (χ0n) is 35.5. The monoisotopic (exact) mass is 852 g/mol. The van der Waals surface area contributed by atoms with Crippen LogP contribution in [0.4, 0.5) is 11.4 Å². The standard InChI is InChI=1S/C26H36N2.2C11H14O4.Ni/c1-3-5-7-8-9-16-22-26(28-24-19-14-11-15-20-24)25(21-6-4-2)27-23-17-12-10-13-18-23;2*1-3-4-7-6(2)5-8(12)10(13)9(7)11(14)15;/h10-15,17-20H,3-9,16,21-22H2,1-2H3;2*5,12-13H,3-4H2,1-2H3,(H,14,15);/q;;;+2/p-2. The number of aryl methyl sites for hydroxylation is 2. The summed E-state index contributed by atoms with van der Waals surface area (Å²) >= 11 is 0. The first-order chi connectivity index (χ1) is 27.8. The molecule has 0 bridgehead atoms. The third kappa shape index (κ3) is 17.3. The van der Waals surface area contributed by atoms with Gasteiger partial charge >= 0.3 is 28.4 Å². The number of carboxylic acid groups (broad SMARTS) is 2. The van der Waals surface area contributed by atoms with Crippen LogP contribution in [0.5, 0.6) is 23.0 Å². The first kappa shape index (κ1) is 51.9. The molecule has 0 unspecified atom stereocenters. The topological polar surface area (TPSA) is 186 Å². The van der Waals surface area contributed by atoms with Crippen LogP contribution in [0, 0.1) is 13.8 Å². The number of unbranched alkanes of at least 4 members (excludes halogenated alkanes) is 6. The minimum Gasteiger partial charge on any atom is -0.869 e. The molecule has 322 valence electrons. The van der Waals surface area contributed by atoms with E-state index in [0.717, 1.165) is 49.2 Å². The molecular weight excluding hydrogens is 791 g/mol. The average molecular weight is 854 g/mol. The van der Waals surface area contributed by atoms with Crippen LogP contribution in [0.25, 0.3) is 0 Å². The molecule has 11 heteroatoms. The maximum absolute atomic E-state index is 11.4. The Balaban J connectivity index is 0.000000477. The van der Waals surface area contributed by atoms with Gasteiger partial charge in [-0.2, -0.15) is 0 Å². The van der Waals surface area contributed by atoms with Crippen LogP contribution in [0.1, 0.15) is 148 Å². The number of aromatic hydroxyl groups is 2. The van der Waals surface area contributed by atoms with E-state index in [0.29, 0.717) is 35.1 Å². The molecule has 0 aromatic heterocycles. The van der Waals surface area contributed by atoms with Gasteiger partial charge in [0, 0.05) is 0 Å². The number of aromatic carboxylic acids is 2. The molecule has 4 rings (SSSR count). The van der Waals surface area contributed by atoms with Gasteiger partial charge in [-0.1, -0.05) is 127 Å². The zero-order chi connectivity index (χ0) is 43.0. The van der Waals surface area contributed by atoms with Crippen molar-refractivity contribution in [2.45, 2.75) is 131 Å². The number of hydrogen-bond donors (Lipinski definition) is 4. The molecule has 0 amide bonds. The second-order valence-electron chi connectivity index (χ2n) is 14.3. The van der Waals surface area contributed by atoms with E-state index in [4.69, 9.17) is 20.2 Å². The van der Waals surface area contributed by atoms with Gasteiger partial charge in [0.15, 0.2) is 0 Å². The van der Waals surface area contributed by atoms with Gasteiger partial charge in [-0.05, 0) is 111 Å². The van der Waals surface area contributed by atoms with E-state index in [1.165, 1.54) is 62.8 Å². The smallest absolute Gasteiger partial charge is 0.869 e. The maximum atomic E-state index is 11.4. The van der Waals surface area contributed by atoms with E-state index < -0.39 is 34.9 Å². The van der Waals surface area contributed by atoms with Crippen LogP contribution in [0.15, 0.2) is 82.8 Å². The molecule has 4 aromatic carbocycles. The molecule has 0 fully saturated rings. The largest absolute Gasteiger partial charge is 2.00 e. The number of carbonyl (C=O) groups is 2. The first-order valence-corrected chi connectivity index (χ1v) is 20.6. The predicted molar refractivity (Wildman–Crippen MR) is 231 cm³/mol. The summed E-state index contributed by atoms with van der Waals surface area (Å²) in [5, 5.41) is 59.2. The number of nitrogens with zero attached hydrogens (tertiary/aromatic N) is 2. The van der Waals surface area contributed by atoms with Crippen molar-refractivity contribution in [1.29, 1.82) is 0 Å². The molecule has 4 N–H and O–H groups in total. The number of aliphatic imine (C=N–C) groups is 2. The summed E-state index contributed by atoms with van der Waals surface area (Å²) in [5.74, 6) is -5.13. The number of phenols is 2. The zero-order valence-corrected chi connectivity index (χ0v) is 36.4. The Labute approximate surface area is 360 Å². The van der Waals surface area contributed by atoms with E-state index in [1.807, 2.05) is 26.0 Å². The third-order valence-corrected chi connectivity index (χ3v) is 9.52. The Hall–Kier alpha value is -5.15. The molecule has 0 heterocycles. The van der Waals surface area contributed by atoms with Crippen LogP contribution < -0.4 is 10.2 Å². The fourth-order valence-corrected chi connectivity index (χ4v) is 6.50. The molecular formula is C48H62N2NiO8. The van der Waals surface area contributed by atoms with Crippen LogP contribution in [-0.4, -0.2) is 43.8 Å². The van der Waals surface area contributed by atoms with Crippen LogP contribution in [-0.2, 0) is 29.3 Å². The Bertz CT molecular complexity index is 1870. The molecule has 10 nitrogen and oxygen atoms in total. The molecule has 0 aliphatic heterocycles.